The van der Waals surface area contributed by atoms with Crippen molar-refractivity contribution in [1.29, 1.82) is 0 Å². The van der Waals surface area contributed by atoms with Gasteiger partial charge in [-0.25, -0.2) is 8.42 Å². The van der Waals surface area contributed by atoms with E-state index in [1.54, 1.807) is 0 Å². The SMILES string of the molecule is O=S1(=O)C[C@H]2NC(=S)N(CCc3c[nH]c4ccccc34)[C@H]2C1. The van der Waals surface area contributed by atoms with Crippen molar-refractivity contribution in [3.8, 4) is 0 Å². The Morgan fingerprint density at radius 1 is 1.27 bits per heavy atom. The Hall–Kier alpha value is -1.60. The Labute approximate surface area is 134 Å². The van der Waals surface area contributed by atoms with Gasteiger partial charge in [0.05, 0.1) is 23.6 Å². The minimum absolute atomic E-state index is 0.0114. The quantitative estimate of drug-likeness (QED) is 0.822. The summed E-state index contributed by atoms with van der Waals surface area (Å²) in [6.45, 7) is 0.740. The maximum Gasteiger partial charge on any atom is 0.169 e. The molecule has 1 aromatic carbocycles. The van der Waals surface area contributed by atoms with Crippen molar-refractivity contribution in [3.63, 3.8) is 0 Å². The van der Waals surface area contributed by atoms with Crippen LogP contribution in [0.1, 0.15) is 5.56 Å². The van der Waals surface area contributed by atoms with Gasteiger partial charge in [-0.3, -0.25) is 0 Å². The van der Waals surface area contributed by atoms with Crippen molar-refractivity contribution in [3.05, 3.63) is 36.0 Å². The lowest BCUT2D eigenvalue weighted by molar-refractivity contribution is 0.358. The largest absolute Gasteiger partial charge is 0.361 e. The van der Waals surface area contributed by atoms with Gasteiger partial charge in [0.2, 0.25) is 0 Å². The molecule has 22 heavy (non-hydrogen) atoms. The fraction of sp³-hybridized carbons (Fsp3) is 0.400. The topological polar surface area (TPSA) is 65.2 Å². The van der Waals surface area contributed by atoms with E-state index < -0.39 is 9.84 Å². The van der Waals surface area contributed by atoms with Gasteiger partial charge >= 0.3 is 0 Å². The van der Waals surface area contributed by atoms with Crippen LogP contribution in [0.25, 0.3) is 10.9 Å². The zero-order valence-electron chi connectivity index (χ0n) is 12.0. The van der Waals surface area contributed by atoms with E-state index >= 15 is 0 Å². The summed E-state index contributed by atoms with van der Waals surface area (Å²) in [5.41, 5.74) is 2.36. The van der Waals surface area contributed by atoms with Crippen LogP contribution in [0.3, 0.4) is 0 Å². The van der Waals surface area contributed by atoms with Gasteiger partial charge in [0.25, 0.3) is 0 Å². The van der Waals surface area contributed by atoms with E-state index in [1.165, 1.54) is 10.9 Å². The first kappa shape index (κ1) is 14.0. The van der Waals surface area contributed by atoms with Crippen LogP contribution in [0.4, 0.5) is 0 Å². The van der Waals surface area contributed by atoms with Gasteiger partial charge in [-0.05, 0) is 30.3 Å². The number of fused-ring (bicyclic) bond motifs is 2. The molecule has 2 atom stereocenters. The smallest absolute Gasteiger partial charge is 0.169 e. The Morgan fingerprint density at radius 2 is 2.09 bits per heavy atom. The molecule has 0 radical (unpaired) electrons. The highest BCUT2D eigenvalue weighted by atomic mass is 32.2. The normalized spacial score (nSPS) is 26.4. The molecule has 0 amide bonds. The van der Waals surface area contributed by atoms with Crippen LogP contribution < -0.4 is 5.32 Å². The molecular weight excluding hydrogens is 318 g/mol. The minimum Gasteiger partial charge on any atom is -0.361 e. The molecule has 2 aliphatic rings. The lowest BCUT2D eigenvalue weighted by Gasteiger charge is -2.22. The highest BCUT2D eigenvalue weighted by Crippen LogP contribution is 2.25. The summed E-state index contributed by atoms with van der Waals surface area (Å²) >= 11 is 5.37. The summed E-state index contributed by atoms with van der Waals surface area (Å²) in [7, 11) is -2.94. The number of nitrogens with one attached hydrogen (secondary N) is 2. The van der Waals surface area contributed by atoms with Gasteiger partial charge in [-0.2, -0.15) is 0 Å². The van der Waals surface area contributed by atoms with E-state index in [4.69, 9.17) is 12.2 Å². The molecule has 0 spiro atoms. The number of para-hydroxylation sites is 1. The van der Waals surface area contributed by atoms with Crippen LogP contribution in [0.2, 0.25) is 0 Å². The van der Waals surface area contributed by atoms with Crippen molar-refractivity contribution in [1.82, 2.24) is 15.2 Å². The van der Waals surface area contributed by atoms with Crippen molar-refractivity contribution in [2.75, 3.05) is 18.1 Å². The van der Waals surface area contributed by atoms with E-state index in [0.717, 1.165) is 18.5 Å². The van der Waals surface area contributed by atoms with Crippen LogP contribution in [0.15, 0.2) is 30.5 Å². The third-order valence-electron chi connectivity index (χ3n) is 4.59. The van der Waals surface area contributed by atoms with Crippen LogP contribution in [0, 0.1) is 0 Å². The number of benzene rings is 1. The maximum absolute atomic E-state index is 11.8. The van der Waals surface area contributed by atoms with Crippen LogP contribution in [0.5, 0.6) is 0 Å². The molecule has 3 heterocycles. The minimum atomic E-state index is -2.94. The Bertz CT molecular complexity index is 843. The number of hydrogen-bond acceptors (Lipinski definition) is 3. The number of H-pyrrole nitrogens is 1. The predicted molar refractivity (Wildman–Crippen MR) is 90.7 cm³/mol. The second kappa shape index (κ2) is 4.96. The summed E-state index contributed by atoms with van der Waals surface area (Å²) in [6.07, 6.45) is 2.87. The van der Waals surface area contributed by atoms with Gasteiger partial charge in [-0.1, -0.05) is 18.2 Å². The number of hydrogen-bond donors (Lipinski definition) is 2. The highest BCUT2D eigenvalue weighted by Gasteiger charge is 2.46. The number of sulfone groups is 1. The number of aromatic amines is 1. The summed E-state index contributed by atoms with van der Waals surface area (Å²) in [5, 5.41) is 5.06. The first-order chi connectivity index (χ1) is 10.5. The third kappa shape index (κ3) is 2.28. The number of nitrogens with zero attached hydrogens (tertiary/aromatic N) is 1. The van der Waals surface area contributed by atoms with Crippen LogP contribution in [-0.2, 0) is 16.3 Å². The monoisotopic (exact) mass is 335 g/mol. The molecule has 116 valence electrons. The maximum atomic E-state index is 11.8. The molecule has 4 rings (SSSR count). The average molecular weight is 335 g/mol. The fourth-order valence-corrected chi connectivity index (χ4v) is 5.81. The fourth-order valence-electron chi connectivity index (χ4n) is 3.51. The lowest BCUT2D eigenvalue weighted by Crippen LogP contribution is -2.38. The summed E-state index contributed by atoms with van der Waals surface area (Å²) in [4.78, 5) is 5.32. The van der Waals surface area contributed by atoms with E-state index in [0.29, 0.717) is 5.11 Å². The molecule has 0 aliphatic carbocycles. The Balaban J connectivity index is 1.53. The van der Waals surface area contributed by atoms with E-state index in [9.17, 15) is 8.42 Å². The van der Waals surface area contributed by atoms with Crippen molar-refractivity contribution in [2.45, 2.75) is 18.5 Å². The third-order valence-corrected chi connectivity index (χ3v) is 6.66. The van der Waals surface area contributed by atoms with Gasteiger partial charge in [0.1, 0.15) is 0 Å². The lowest BCUT2D eigenvalue weighted by atomic mass is 10.1. The summed E-state index contributed by atoms with van der Waals surface area (Å²) in [6, 6.07) is 8.14. The van der Waals surface area contributed by atoms with Crippen LogP contribution in [-0.4, -0.2) is 53.5 Å². The zero-order chi connectivity index (χ0) is 15.3. The zero-order valence-corrected chi connectivity index (χ0v) is 13.6. The Morgan fingerprint density at radius 3 is 2.95 bits per heavy atom. The molecule has 2 N–H and O–H groups in total. The molecule has 2 saturated heterocycles. The van der Waals surface area contributed by atoms with Gasteiger partial charge in [0, 0.05) is 23.6 Å². The molecule has 2 fully saturated rings. The molecular formula is C15H17N3O2S2. The predicted octanol–water partition coefficient (Wildman–Crippen LogP) is 1.07. The molecule has 5 nitrogen and oxygen atoms in total. The Kier molecular flexibility index (Phi) is 3.16. The standard InChI is InChI=1S/C15H17N3O2S2/c19-22(20)8-13-14(9-22)18(15(21)17-13)6-5-10-7-16-12-4-2-1-3-11(10)12/h1-4,7,13-14,16H,5-6,8-9H2,(H,17,21)/t13-,14+/m1/s1. The molecule has 0 unspecified atom stereocenters. The number of aromatic nitrogens is 1. The first-order valence-electron chi connectivity index (χ1n) is 7.36. The van der Waals surface area contributed by atoms with Gasteiger partial charge in [-0.15, -0.1) is 0 Å². The van der Waals surface area contributed by atoms with E-state index in [-0.39, 0.29) is 23.6 Å². The second-order valence-corrected chi connectivity index (χ2v) is 8.54. The summed E-state index contributed by atoms with van der Waals surface area (Å²) < 4.78 is 23.6. The van der Waals surface area contributed by atoms with Gasteiger partial charge in [0.15, 0.2) is 14.9 Å². The highest BCUT2D eigenvalue weighted by molar-refractivity contribution is 7.91. The second-order valence-electron chi connectivity index (χ2n) is 6.00. The molecule has 2 aromatic rings. The van der Waals surface area contributed by atoms with Crippen molar-refractivity contribution < 1.29 is 8.42 Å². The van der Waals surface area contributed by atoms with Crippen LogP contribution >= 0.6 is 12.2 Å². The summed E-state index contributed by atoms with van der Waals surface area (Å²) in [5.74, 6) is 0.403. The first-order valence-corrected chi connectivity index (χ1v) is 9.59. The van der Waals surface area contributed by atoms with E-state index in [2.05, 4.69) is 22.4 Å². The number of thiocarbonyl (C=S) groups is 1. The number of rotatable bonds is 3. The molecule has 7 heteroatoms. The average Bonchev–Trinajstić information content (AvgIpc) is 3.08. The molecule has 2 aliphatic heterocycles. The van der Waals surface area contributed by atoms with Gasteiger partial charge < -0.3 is 15.2 Å². The molecule has 0 bridgehead atoms. The molecule has 1 aromatic heterocycles. The van der Waals surface area contributed by atoms with Crippen molar-refractivity contribution >= 4 is 38.1 Å². The van der Waals surface area contributed by atoms with Crippen molar-refractivity contribution in [2.24, 2.45) is 0 Å². The van der Waals surface area contributed by atoms with E-state index in [1.807, 2.05) is 23.2 Å². The molecule has 0 saturated carbocycles.